The molecule has 0 spiro atoms. The van der Waals surface area contributed by atoms with Gasteiger partial charge in [0, 0.05) is 23.8 Å². The molecule has 2 heterocycles. The molecule has 2 unspecified atom stereocenters. The Morgan fingerprint density at radius 1 is 1.05 bits per heavy atom. The lowest BCUT2D eigenvalue weighted by Crippen LogP contribution is -2.07. The van der Waals surface area contributed by atoms with E-state index in [-0.39, 0.29) is 11.8 Å². The van der Waals surface area contributed by atoms with Crippen molar-refractivity contribution in [2.75, 3.05) is 0 Å². The highest BCUT2D eigenvalue weighted by atomic mass is 14.7. The quantitative estimate of drug-likeness (QED) is 0.833. The summed E-state index contributed by atoms with van der Waals surface area (Å²) < 4.78 is 0. The van der Waals surface area contributed by atoms with Crippen LogP contribution in [0.5, 0.6) is 0 Å². The van der Waals surface area contributed by atoms with Crippen molar-refractivity contribution in [3.8, 4) is 6.07 Å². The Kier molecular flexibility index (Phi) is 4.92. The molecular weight excluding hydrogens is 270 g/mol. The molecule has 0 N–H and O–H groups in total. The Morgan fingerprint density at radius 3 is 2.41 bits per heavy atom. The summed E-state index contributed by atoms with van der Waals surface area (Å²) in [5.41, 5.74) is 6.58. The Labute approximate surface area is 133 Å². The van der Waals surface area contributed by atoms with Crippen molar-refractivity contribution in [1.29, 1.82) is 5.26 Å². The Balaban J connectivity index is 2.24. The van der Waals surface area contributed by atoms with Crippen molar-refractivity contribution in [1.82, 2.24) is 9.97 Å². The van der Waals surface area contributed by atoms with Crippen molar-refractivity contribution in [2.24, 2.45) is 0 Å². The lowest BCUT2D eigenvalue weighted by molar-refractivity contribution is 0.616. The van der Waals surface area contributed by atoms with Gasteiger partial charge in [-0.25, -0.2) is 0 Å². The molecule has 3 heteroatoms. The highest BCUT2D eigenvalue weighted by Gasteiger charge is 2.19. The minimum atomic E-state index is -0.147. The number of pyridine rings is 2. The molecule has 0 aliphatic heterocycles. The molecule has 0 saturated carbocycles. The first-order chi connectivity index (χ1) is 10.4. The molecule has 22 heavy (non-hydrogen) atoms. The summed E-state index contributed by atoms with van der Waals surface area (Å²) in [6.45, 7) is 10.3. The maximum atomic E-state index is 9.59. The molecule has 2 rings (SSSR count). The van der Waals surface area contributed by atoms with Gasteiger partial charge in [0.1, 0.15) is 0 Å². The minimum Gasteiger partial charge on any atom is -0.261 e. The predicted molar refractivity (Wildman–Crippen MR) is 88.8 cm³/mol. The van der Waals surface area contributed by atoms with E-state index < -0.39 is 0 Å². The molecule has 0 aliphatic rings. The minimum absolute atomic E-state index is 0.147. The van der Waals surface area contributed by atoms with E-state index >= 15 is 0 Å². The van der Waals surface area contributed by atoms with Gasteiger partial charge in [-0.2, -0.15) is 5.26 Å². The Hall–Kier alpha value is -2.21. The molecule has 0 bridgehead atoms. The summed E-state index contributed by atoms with van der Waals surface area (Å²) in [6, 6.07) is 6.66. The number of hydrogen-bond acceptors (Lipinski definition) is 3. The van der Waals surface area contributed by atoms with Crippen LogP contribution in [-0.4, -0.2) is 9.97 Å². The Bertz CT molecular complexity index is 713. The van der Waals surface area contributed by atoms with Crippen LogP contribution in [0.2, 0.25) is 0 Å². The lowest BCUT2D eigenvalue weighted by Gasteiger charge is -2.18. The topological polar surface area (TPSA) is 49.6 Å². The second-order valence-corrected chi connectivity index (χ2v) is 6.20. The number of nitrogens with zero attached hydrogens (tertiary/aromatic N) is 3. The van der Waals surface area contributed by atoms with Crippen LogP contribution >= 0.6 is 0 Å². The average Bonchev–Trinajstić information content (AvgIpc) is 2.50. The molecule has 2 atom stereocenters. The van der Waals surface area contributed by atoms with Crippen molar-refractivity contribution in [2.45, 2.75) is 52.9 Å². The molecule has 0 aromatic carbocycles. The molecule has 0 aliphatic carbocycles. The maximum absolute atomic E-state index is 9.59. The first-order valence-corrected chi connectivity index (χ1v) is 7.68. The zero-order valence-corrected chi connectivity index (χ0v) is 14.0. The van der Waals surface area contributed by atoms with Gasteiger partial charge in [0.05, 0.1) is 12.0 Å². The molecule has 2 aromatic rings. The summed E-state index contributed by atoms with van der Waals surface area (Å²) in [5.74, 6) is 0.0923. The van der Waals surface area contributed by atoms with E-state index in [2.05, 4.69) is 48.9 Å². The smallest absolute Gasteiger partial charge is 0.0736 e. The molecular formula is C19H23N3. The normalized spacial score (nSPS) is 13.5. The van der Waals surface area contributed by atoms with Gasteiger partial charge in [-0.05, 0) is 68.4 Å². The van der Waals surface area contributed by atoms with Gasteiger partial charge in [-0.3, -0.25) is 9.97 Å². The first-order valence-electron chi connectivity index (χ1n) is 7.68. The fourth-order valence-electron chi connectivity index (χ4n) is 2.65. The summed E-state index contributed by atoms with van der Waals surface area (Å²) in [7, 11) is 0. The predicted octanol–water partition coefficient (Wildman–Crippen LogP) is 4.51. The molecule has 0 saturated heterocycles. The van der Waals surface area contributed by atoms with E-state index in [1.807, 2.05) is 26.2 Å². The molecule has 114 valence electrons. The van der Waals surface area contributed by atoms with Gasteiger partial charge in [0.15, 0.2) is 0 Å². The Morgan fingerprint density at radius 2 is 1.77 bits per heavy atom. The molecule has 0 amide bonds. The number of aromatic nitrogens is 2. The maximum Gasteiger partial charge on any atom is 0.0736 e. The summed E-state index contributed by atoms with van der Waals surface area (Å²) in [4.78, 5) is 8.92. The van der Waals surface area contributed by atoms with Gasteiger partial charge in [-0.1, -0.05) is 13.0 Å². The van der Waals surface area contributed by atoms with Crippen LogP contribution in [0.25, 0.3) is 0 Å². The van der Waals surface area contributed by atoms with Crippen LogP contribution in [0.3, 0.4) is 0 Å². The van der Waals surface area contributed by atoms with Crippen molar-refractivity contribution >= 4 is 0 Å². The highest BCUT2D eigenvalue weighted by Crippen LogP contribution is 2.30. The standard InChI is InChI=1S/C19H23N3/c1-12-6-18(16(5)21-10-12)17(9-20)7-14(3)19-8-13(2)15(4)11-22-19/h6,8,10-11,14,17H,7H2,1-5H3. The summed E-state index contributed by atoms with van der Waals surface area (Å²) >= 11 is 0. The van der Waals surface area contributed by atoms with E-state index in [0.717, 1.165) is 28.9 Å². The van der Waals surface area contributed by atoms with Gasteiger partial charge < -0.3 is 0 Å². The van der Waals surface area contributed by atoms with Gasteiger partial charge in [0.2, 0.25) is 0 Å². The van der Waals surface area contributed by atoms with E-state index in [0.29, 0.717) is 0 Å². The van der Waals surface area contributed by atoms with Crippen LogP contribution in [-0.2, 0) is 0 Å². The summed E-state index contributed by atoms with van der Waals surface area (Å²) in [6.07, 6.45) is 4.53. The van der Waals surface area contributed by atoms with Gasteiger partial charge in [0.25, 0.3) is 0 Å². The van der Waals surface area contributed by atoms with Gasteiger partial charge in [-0.15, -0.1) is 0 Å². The van der Waals surface area contributed by atoms with E-state index in [4.69, 9.17) is 0 Å². The van der Waals surface area contributed by atoms with Crippen molar-refractivity contribution in [3.05, 3.63) is 58.2 Å². The van der Waals surface area contributed by atoms with Crippen LogP contribution in [0.1, 0.15) is 58.8 Å². The third kappa shape index (κ3) is 3.51. The van der Waals surface area contributed by atoms with E-state index in [1.165, 1.54) is 11.1 Å². The molecule has 2 aromatic heterocycles. The third-order valence-electron chi connectivity index (χ3n) is 4.28. The first kappa shape index (κ1) is 16.2. The largest absolute Gasteiger partial charge is 0.261 e. The van der Waals surface area contributed by atoms with Crippen molar-refractivity contribution < 1.29 is 0 Å². The zero-order valence-electron chi connectivity index (χ0n) is 14.0. The van der Waals surface area contributed by atoms with Crippen LogP contribution in [0, 0.1) is 39.0 Å². The molecule has 3 nitrogen and oxygen atoms in total. The highest BCUT2D eigenvalue weighted by molar-refractivity contribution is 5.32. The number of aryl methyl sites for hydroxylation is 4. The van der Waals surface area contributed by atoms with Crippen LogP contribution in [0.15, 0.2) is 24.5 Å². The number of hydrogen-bond donors (Lipinski definition) is 0. The van der Waals surface area contributed by atoms with Crippen LogP contribution in [0.4, 0.5) is 0 Å². The average molecular weight is 293 g/mol. The van der Waals surface area contributed by atoms with E-state index in [1.54, 1.807) is 0 Å². The fourth-order valence-corrected chi connectivity index (χ4v) is 2.65. The summed E-state index contributed by atoms with van der Waals surface area (Å²) in [5, 5.41) is 9.59. The third-order valence-corrected chi connectivity index (χ3v) is 4.28. The van der Waals surface area contributed by atoms with Gasteiger partial charge >= 0.3 is 0 Å². The second-order valence-electron chi connectivity index (χ2n) is 6.20. The second kappa shape index (κ2) is 6.70. The monoisotopic (exact) mass is 293 g/mol. The lowest BCUT2D eigenvalue weighted by atomic mass is 9.87. The SMILES string of the molecule is Cc1cnc(C)c(C(C#N)CC(C)c2cc(C)c(C)cn2)c1. The fraction of sp³-hybridized carbons (Fsp3) is 0.421. The molecule has 0 fully saturated rings. The molecule has 0 radical (unpaired) electrons. The number of nitriles is 1. The zero-order chi connectivity index (χ0) is 16.3. The number of rotatable bonds is 4. The van der Waals surface area contributed by atoms with Crippen LogP contribution < -0.4 is 0 Å². The van der Waals surface area contributed by atoms with E-state index in [9.17, 15) is 5.26 Å². The van der Waals surface area contributed by atoms with Crippen molar-refractivity contribution in [3.63, 3.8) is 0 Å².